The second kappa shape index (κ2) is 7.10. The van der Waals surface area contributed by atoms with E-state index in [1.165, 1.54) is 23.5 Å². The summed E-state index contributed by atoms with van der Waals surface area (Å²) in [6.45, 7) is 0. The zero-order valence-electron chi connectivity index (χ0n) is 13.0. The summed E-state index contributed by atoms with van der Waals surface area (Å²) in [5, 5.41) is 12.0. The van der Waals surface area contributed by atoms with Crippen molar-refractivity contribution < 1.29 is 24.2 Å². The Morgan fingerprint density at radius 1 is 1.04 bits per heavy atom. The van der Waals surface area contributed by atoms with Gasteiger partial charge in [-0.1, -0.05) is 24.3 Å². The number of aromatic nitrogens is 2. The molecular formula is C17H12N2O5S. The second-order valence-electron chi connectivity index (χ2n) is 4.77. The van der Waals surface area contributed by atoms with Gasteiger partial charge in [-0.3, -0.25) is 0 Å². The summed E-state index contributed by atoms with van der Waals surface area (Å²) in [4.78, 5) is 32.8. The third kappa shape index (κ3) is 3.48. The predicted molar refractivity (Wildman–Crippen MR) is 89.7 cm³/mol. The number of ether oxygens (including phenoxy) is 2. The quantitative estimate of drug-likeness (QED) is 0.718. The molecule has 25 heavy (non-hydrogen) atoms. The highest BCUT2D eigenvalue weighted by molar-refractivity contribution is 7.13. The Hall–Kier alpha value is -3.26. The molecule has 0 amide bonds. The Morgan fingerprint density at radius 2 is 1.80 bits per heavy atom. The lowest BCUT2D eigenvalue weighted by Crippen LogP contribution is -2.15. The van der Waals surface area contributed by atoms with Crippen molar-refractivity contribution in [3.63, 3.8) is 0 Å². The Balaban J connectivity index is 2.03. The highest BCUT2D eigenvalue weighted by Crippen LogP contribution is 2.32. The first-order valence-electron chi connectivity index (χ1n) is 7.10. The Labute approximate surface area is 146 Å². The molecule has 8 heteroatoms. The first kappa shape index (κ1) is 16.6. The number of methoxy groups -OCH3 is 1. The van der Waals surface area contributed by atoms with Crippen LogP contribution in [0, 0.1) is 0 Å². The summed E-state index contributed by atoms with van der Waals surface area (Å²) in [6.07, 6.45) is 0. The van der Waals surface area contributed by atoms with Crippen molar-refractivity contribution in [3.8, 4) is 22.3 Å². The smallest absolute Gasteiger partial charge is 0.360 e. The van der Waals surface area contributed by atoms with E-state index in [0.717, 1.165) is 7.11 Å². The molecule has 0 radical (unpaired) electrons. The van der Waals surface area contributed by atoms with Crippen LogP contribution >= 0.6 is 11.3 Å². The van der Waals surface area contributed by atoms with E-state index in [4.69, 9.17) is 4.74 Å². The van der Waals surface area contributed by atoms with Gasteiger partial charge in [-0.05, 0) is 23.6 Å². The van der Waals surface area contributed by atoms with Crippen LogP contribution in [-0.2, 0) is 4.74 Å². The number of aromatic hydroxyl groups is 1. The SMILES string of the molecule is COC(=O)c1nc(-c2cccs2)nc(O)c1OC(=O)c1ccccc1. The van der Waals surface area contributed by atoms with E-state index in [1.54, 1.807) is 35.7 Å². The first-order chi connectivity index (χ1) is 12.1. The Bertz CT molecular complexity index is 910. The predicted octanol–water partition coefficient (Wildman–Crippen LogP) is 2.92. The number of rotatable bonds is 4. The van der Waals surface area contributed by atoms with Gasteiger partial charge in [0.25, 0.3) is 5.88 Å². The molecule has 1 N–H and O–H groups in total. The van der Waals surface area contributed by atoms with Gasteiger partial charge >= 0.3 is 11.9 Å². The zero-order chi connectivity index (χ0) is 17.8. The van der Waals surface area contributed by atoms with Crippen molar-refractivity contribution >= 4 is 23.3 Å². The molecule has 0 aliphatic heterocycles. The molecular weight excluding hydrogens is 344 g/mol. The van der Waals surface area contributed by atoms with Crippen LogP contribution in [0.2, 0.25) is 0 Å². The summed E-state index contributed by atoms with van der Waals surface area (Å²) in [6, 6.07) is 11.7. The topological polar surface area (TPSA) is 98.6 Å². The lowest BCUT2D eigenvalue weighted by molar-refractivity contribution is 0.0583. The average Bonchev–Trinajstić information content (AvgIpc) is 3.18. The van der Waals surface area contributed by atoms with E-state index in [-0.39, 0.29) is 17.1 Å². The van der Waals surface area contributed by atoms with E-state index in [9.17, 15) is 14.7 Å². The Kier molecular flexibility index (Phi) is 4.71. The molecule has 0 atom stereocenters. The number of carbonyl (C=O) groups excluding carboxylic acids is 2. The molecule has 126 valence electrons. The van der Waals surface area contributed by atoms with Crippen LogP contribution in [0.4, 0.5) is 0 Å². The molecule has 0 spiro atoms. The maximum atomic E-state index is 12.2. The molecule has 0 fully saturated rings. The summed E-state index contributed by atoms with van der Waals surface area (Å²) >= 11 is 1.33. The molecule has 0 saturated carbocycles. The fourth-order valence-corrected chi connectivity index (χ4v) is 2.67. The largest absolute Gasteiger partial charge is 0.491 e. The number of esters is 2. The van der Waals surface area contributed by atoms with Crippen LogP contribution < -0.4 is 4.74 Å². The highest BCUT2D eigenvalue weighted by Gasteiger charge is 2.25. The van der Waals surface area contributed by atoms with Crippen molar-refractivity contribution in [1.82, 2.24) is 9.97 Å². The molecule has 0 bridgehead atoms. The van der Waals surface area contributed by atoms with Crippen molar-refractivity contribution in [2.75, 3.05) is 7.11 Å². The van der Waals surface area contributed by atoms with Gasteiger partial charge in [-0.25, -0.2) is 14.6 Å². The van der Waals surface area contributed by atoms with E-state index < -0.39 is 23.6 Å². The number of carbonyl (C=O) groups is 2. The highest BCUT2D eigenvalue weighted by atomic mass is 32.1. The molecule has 2 aromatic heterocycles. The van der Waals surface area contributed by atoms with E-state index in [0.29, 0.717) is 4.88 Å². The summed E-state index contributed by atoms with van der Waals surface area (Å²) in [5.41, 5.74) is -0.0808. The minimum absolute atomic E-state index is 0.132. The molecule has 2 heterocycles. The Morgan fingerprint density at radius 3 is 2.44 bits per heavy atom. The van der Waals surface area contributed by atoms with Gasteiger partial charge in [0, 0.05) is 0 Å². The average molecular weight is 356 g/mol. The van der Waals surface area contributed by atoms with Crippen molar-refractivity contribution in [2.45, 2.75) is 0 Å². The molecule has 3 aromatic rings. The van der Waals surface area contributed by atoms with Gasteiger partial charge in [0.15, 0.2) is 11.5 Å². The minimum Gasteiger partial charge on any atom is -0.491 e. The zero-order valence-corrected chi connectivity index (χ0v) is 13.8. The normalized spacial score (nSPS) is 10.3. The third-order valence-corrected chi connectivity index (χ3v) is 4.04. The number of hydrogen-bond acceptors (Lipinski definition) is 8. The van der Waals surface area contributed by atoms with Gasteiger partial charge in [-0.2, -0.15) is 4.98 Å². The number of hydrogen-bond donors (Lipinski definition) is 1. The van der Waals surface area contributed by atoms with Gasteiger partial charge in [-0.15, -0.1) is 11.3 Å². The summed E-state index contributed by atoms with van der Waals surface area (Å²) in [7, 11) is 1.16. The molecule has 0 saturated heterocycles. The number of nitrogens with zero attached hydrogens (tertiary/aromatic N) is 2. The molecule has 0 aliphatic carbocycles. The van der Waals surface area contributed by atoms with Crippen LogP contribution in [0.15, 0.2) is 47.8 Å². The first-order valence-corrected chi connectivity index (χ1v) is 7.98. The van der Waals surface area contributed by atoms with Crippen LogP contribution in [0.25, 0.3) is 10.7 Å². The molecule has 0 aliphatic rings. The van der Waals surface area contributed by atoms with Crippen molar-refractivity contribution in [1.29, 1.82) is 0 Å². The van der Waals surface area contributed by atoms with Gasteiger partial charge < -0.3 is 14.6 Å². The van der Waals surface area contributed by atoms with Crippen LogP contribution in [0.5, 0.6) is 11.6 Å². The minimum atomic E-state index is -0.855. The van der Waals surface area contributed by atoms with E-state index in [2.05, 4.69) is 14.7 Å². The summed E-state index contributed by atoms with van der Waals surface area (Å²) in [5.74, 6) is -2.55. The second-order valence-corrected chi connectivity index (χ2v) is 5.72. The van der Waals surface area contributed by atoms with E-state index >= 15 is 0 Å². The van der Waals surface area contributed by atoms with Crippen LogP contribution in [0.3, 0.4) is 0 Å². The van der Waals surface area contributed by atoms with Crippen LogP contribution in [0.1, 0.15) is 20.8 Å². The fraction of sp³-hybridized carbons (Fsp3) is 0.0588. The number of thiophene rings is 1. The third-order valence-electron chi connectivity index (χ3n) is 3.17. The monoisotopic (exact) mass is 356 g/mol. The lowest BCUT2D eigenvalue weighted by Gasteiger charge is -2.10. The summed E-state index contributed by atoms with van der Waals surface area (Å²) < 4.78 is 9.81. The molecule has 0 unspecified atom stereocenters. The van der Waals surface area contributed by atoms with Gasteiger partial charge in [0.2, 0.25) is 5.75 Å². The van der Waals surface area contributed by atoms with Crippen LogP contribution in [-0.4, -0.2) is 34.1 Å². The molecule has 1 aromatic carbocycles. The van der Waals surface area contributed by atoms with Crippen molar-refractivity contribution in [2.24, 2.45) is 0 Å². The van der Waals surface area contributed by atoms with Gasteiger partial charge in [0.1, 0.15) is 0 Å². The van der Waals surface area contributed by atoms with E-state index in [1.807, 2.05) is 0 Å². The maximum Gasteiger partial charge on any atom is 0.360 e. The van der Waals surface area contributed by atoms with Crippen molar-refractivity contribution in [3.05, 3.63) is 59.1 Å². The molecule has 7 nitrogen and oxygen atoms in total. The number of benzene rings is 1. The fourth-order valence-electron chi connectivity index (χ4n) is 2.01. The maximum absolute atomic E-state index is 12.2. The lowest BCUT2D eigenvalue weighted by atomic mass is 10.2. The molecule has 3 rings (SSSR count). The van der Waals surface area contributed by atoms with Gasteiger partial charge in [0.05, 0.1) is 17.6 Å². The standard InChI is InChI=1S/C17H12N2O5S/c1-23-17(22)12-13(24-16(21)10-6-3-2-4-7-10)15(20)19-14(18-12)11-8-5-9-25-11/h2-9H,1H3,(H,18,19,20).